The number of nitrogens with one attached hydrogen (secondary N) is 2. The van der Waals surface area contributed by atoms with Gasteiger partial charge in [0.1, 0.15) is 11.6 Å². The van der Waals surface area contributed by atoms with Gasteiger partial charge >= 0.3 is 12.1 Å². The number of carbonyl (C=O) groups excluding carboxylic acids is 1. The normalized spacial score (nSPS) is 12.1. The van der Waals surface area contributed by atoms with Crippen molar-refractivity contribution in [3.05, 3.63) is 65.7 Å². The van der Waals surface area contributed by atoms with Gasteiger partial charge in [-0.2, -0.15) is 0 Å². The molecule has 0 bridgehead atoms. The number of anilines is 1. The molecule has 2 aromatic rings. The van der Waals surface area contributed by atoms with Crippen LogP contribution >= 0.6 is 0 Å². The minimum absolute atomic E-state index is 0.174. The van der Waals surface area contributed by atoms with Crippen molar-refractivity contribution in [2.75, 3.05) is 5.32 Å². The standard InChI is InChI=1S/C21H26N2O4/c1-21(2,3)27-20(26)23-18(19(24)25)13-15-9-11-17(12-10-15)22-14-16-7-5-4-6-8-16/h4-12,18,22H,13-14H2,1-3H3,(H,23,26)(H,24,25)/t18-/m0/s1. The smallest absolute Gasteiger partial charge is 0.408 e. The third kappa shape index (κ3) is 7.40. The zero-order valence-corrected chi connectivity index (χ0v) is 15.9. The molecule has 0 saturated carbocycles. The maximum absolute atomic E-state index is 11.8. The molecular formula is C21H26N2O4. The van der Waals surface area contributed by atoms with Gasteiger partial charge in [0.2, 0.25) is 0 Å². The Morgan fingerprint density at radius 1 is 1.00 bits per heavy atom. The first-order valence-electron chi connectivity index (χ1n) is 8.82. The van der Waals surface area contributed by atoms with Crippen LogP contribution in [0.4, 0.5) is 10.5 Å². The van der Waals surface area contributed by atoms with Crippen LogP contribution in [0.2, 0.25) is 0 Å². The van der Waals surface area contributed by atoms with Crippen LogP contribution in [0.25, 0.3) is 0 Å². The minimum Gasteiger partial charge on any atom is -0.480 e. The molecule has 27 heavy (non-hydrogen) atoms. The molecule has 0 aliphatic rings. The molecule has 3 N–H and O–H groups in total. The summed E-state index contributed by atoms with van der Waals surface area (Å²) in [4.78, 5) is 23.3. The number of carbonyl (C=O) groups is 2. The van der Waals surface area contributed by atoms with Crippen LogP contribution in [0.1, 0.15) is 31.9 Å². The number of hydrogen-bond donors (Lipinski definition) is 3. The van der Waals surface area contributed by atoms with Crippen molar-refractivity contribution in [3.63, 3.8) is 0 Å². The van der Waals surface area contributed by atoms with Crippen LogP contribution in [-0.2, 0) is 22.5 Å². The van der Waals surface area contributed by atoms with Crippen molar-refractivity contribution in [2.24, 2.45) is 0 Å². The first-order valence-corrected chi connectivity index (χ1v) is 8.82. The summed E-state index contributed by atoms with van der Waals surface area (Å²) >= 11 is 0. The molecule has 0 aliphatic heterocycles. The molecule has 0 aliphatic carbocycles. The van der Waals surface area contributed by atoms with Gasteiger partial charge in [0.05, 0.1) is 0 Å². The van der Waals surface area contributed by atoms with Crippen molar-refractivity contribution < 1.29 is 19.4 Å². The molecule has 0 fully saturated rings. The first-order chi connectivity index (χ1) is 12.7. The molecule has 0 unspecified atom stereocenters. The molecule has 0 spiro atoms. The van der Waals surface area contributed by atoms with E-state index >= 15 is 0 Å². The number of carboxylic acid groups (broad SMARTS) is 1. The molecule has 0 radical (unpaired) electrons. The highest BCUT2D eigenvalue weighted by Gasteiger charge is 2.24. The Morgan fingerprint density at radius 3 is 2.19 bits per heavy atom. The van der Waals surface area contributed by atoms with E-state index in [1.165, 1.54) is 5.56 Å². The zero-order valence-electron chi connectivity index (χ0n) is 15.9. The van der Waals surface area contributed by atoms with Crippen LogP contribution in [0.5, 0.6) is 0 Å². The van der Waals surface area contributed by atoms with Crippen molar-refractivity contribution in [2.45, 2.75) is 45.4 Å². The zero-order chi connectivity index (χ0) is 19.9. The second-order valence-electron chi connectivity index (χ2n) is 7.28. The number of benzene rings is 2. The molecule has 1 amide bonds. The van der Waals surface area contributed by atoms with Gasteiger partial charge in [-0.15, -0.1) is 0 Å². The summed E-state index contributed by atoms with van der Waals surface area (Å²) < 4.78 is 5.13. The highest BCUT2D eigenvalue weighted by atomic mass is 16.6. The summed E-state index contributed by atoms with van der Waals surface area (Å²) in [5, 5.41) is 15.1. The summed E-state index contributed by atoms with van der Waals surface area (Å²) in [5.74, 6) is -1.10. The van der Waals surface area contributed by atoms with Crippen molar-refractivity contribution in [1.29, 1.82) is 0 Å². The summed E-state index contributed by atoms with van der Waals surface area (Å²) in [6, 6.07) is 16.5. The van der Waals surface area contributed by atoms with Crippen molar-refractivity contribution in [1.82, 2.24) is 5.32 Å². The van der Waals surface area contributed by atoms with Gasteiger partial charge in [-0.25, -0.2) is 9.59 Å². The minimum atomic E-state index is -1.10. The van der Waals surface area contributed by atoms with E-state index in [2.05, 4.69) is 10.6 Å². The lowest BCUT2D eigenvalue weighted by Crippen LogP contribution is -2.44. The van der Waals surface area contributed by atoms with E-state index in [1.54, 1.807) is 20.8 Å². The van der Waals surface area contributed by atoms with Gasteiger partial charge < -0.3 is 20.5 Å². The van der Waals surface area contributed by atoms with Gasteiger partial charge in [-0.1, -0.05) is 42.5 Å². The molecule has 0 saturated heterocycles. The Balaban J connectivity index is 1.92. The highest BCUT2D eigenvalue weighted by molar-refractivity contribution is 5.80. The third-order valence-corrected chi connectivity index (χ3v) is 3.72. The van der Waals surface area contributed by atoms with Crippen LogP contribution in [0.15, 0.2) is 54.6 Å². The van der Waals surface area contributed by atoms with E-state index in [4.69, 9.17) is 4.74 Å². The number of hydrogen-bond acceptors (Lipinski definition) is 4. The fourth-order valence-corrected chi connectivity index (χ4v) is 2.44. The lowest BCUT2D eigenvalue weighted by atomic mass is 10.1. The predicted molar refractivity (Wildman–Crippen MR) is 105 cm³/mol. The molecule has 0 heterocycles. The summed E-state index contributed by atoms with van der Waals surface area (Å²) in [6.07, 6.45) is -0.566. The van der Waals surface area contributed by atoms with E-state index in [0.29, 0.717) is 6.54 Å². The van der Waals surface area contributed by atoms with Crippen LogP contribution < -0.4 is 10.6 Å². The lowest BCUT2D eigenvalue weighted by Gasteiger charge is -2.22. The Hall–Kier alpha value is -3.02. The van der Waals surface area contributed by atoms with Crippen LogP contribution in [0, 0.1) is 0 Å². The summed E-state index contributed by atoms with van der Waals surface area (Å²) in [7, 11) is 0. The third-order valence-electron chi connectivity index (χ3n) is 3.72. The maximum atomic E-state index is 11.8. The molecule has 2 rings (SSSR count). The molecule has 6 nitrogen and oxygen atoms in total. The topological polar surface area (TPSA) is 87.7 Å². The lowest BCUT2D eigenvalue weighted by molar-refractivity contribution is -0.139. The first kappa shape index (κ1) is 20.3. The SMILES string of the molecule is CC(C)(C)OC(=O)N[C@@H](Cc1ccc(NCc2ccccc2)cc1)C(=O)O. The quantitative estimate of drug-likeness (QED) is 0.690. The molecule has 1 atom stereocenters. The molecular weight excluding hydrogens is 344 g/mol. The van der Waals surface area contributed by atoms with E-state index in [1.807, 2.05) is 54.6 Å². The molecule has 144 valence electrons. The predicted octanol–water partition coefficient (Wildman–Crippen LogP) is 3.82. The van der Waals surface area contributed by atoms with Gasteiger partial charge in [0.15, 0.2) is 0 Å². The monoisotopic (exact) mass is 370 g/mol. The number of ether oxygens (including phenoxy) is 1. The number of alkyl carbamates (subject to hydrolysis) is 1. The summed E-state index contributed by atoms with van der Waals surface area (Å²) in [5.41, 5.74) is 2.24. The average Bonchev–Trinajstić information content (AvgIpc) is 2.60. The number of aliphatic carboxylic acids is 1. The second kappa shape index (κ2) is 9.07. The largest absolute Gasteiger partial charge is 0.480 e. The Morgan fingerprint density at radius 2 is 1.63 bits per heavy atom. The average molecular weight is 370 g/mol. The number of rotatable bonds is 7. The maximum Gasteiger partial charge on any atom is 0.408 e. The Kier molecular flexibility index (Phi) is 6.82. The van der Waals surface area contributed by atoms with E-state index < -0.39 is 23.7 Å². The van der Waals surface area contributed by atoms with E-state index in [-0.39, 0.29) is 6.42 Å². The Labute approximate surface area is 159 Å². The fraction of sp³-hybridized carbons (Fsp3) is 0.333. The number of carboxylic acids is 1. The Bertz CT molecular complexity index is 752. The van der Waals surface area contributed by atoms with Gasteiger partial charge in [0.25, 0.3) is 0 Å². The van der Waals surface area contributed by atoms with Gasteiger partial charge in [0, 0.05) is 18.7 Å². The fourth-order valence-electron chi connectivity index (χ4n) is 2.44. The molecule has 0 aromatic heterocycles. The van der Waals surface area contributed by atoms with E-state index in [0.717, 1.165) is 11.3 Å². The van der Waals surface area contributed by atoms with Crippen LogP contribution in [0.3, 0.4) is 0 Å². The van der Waals surface area contributed by atoms with Crippen molar-refractivity contribution in [3.8, 4) is 0 Å². The molecule has 6 heteroatoms. The summed E-state index contributed by atoms with van der Waals surface area (Å²) in [6.45, 7) is 5.88. The molecule has 2 aromatic carbocycles. The van der Waals surface area contributed by atoms with Gasteiger partial charge in [-0.3, -0.25) is 0 Å². The second-order valence-corrected chi connectivity index (χ2v) is 7.28. The van der Waals surface area contributed by atoms with Crippen LogP contribution in [-0.4, -0.2) is 28.8 Å². The van der Waals surface area contributed by atoms with Crippen molar-refractivity contribution >= 4 is 17.7 Å². The number of amides is 1. The van der Waals surface area contributed by atoms with Gasteiger partial charge in [-0.05, 0) is 44.0 Å². The van der Waals surface area contributed by atoms with E-state index in [9.17, 15) is 14.7 Å². The highest BCUT2D eigenvalue weighted by Crippen LogP contribution is 2.13.